The molecule has 0 spiro atoms. The molecule has 0 aliphatic rings. The van der Waals surface area contributed by atoms with E-state index in [0.717, 1.165) is 23.4 Å². The van der Waals surface area contributed by atoms with Gasteiger partial charge in [0.15, 0.2) is 0 Å². The zero-order valence-electron chi connectivity index (χ0n) is 11.0. The van der Waals surface area contributed by atoms with E-state index in [0.29, 0.717) is 4.90 Å². The van der Waals surface area contributed by atoms with E-state index in [4.69, 9.17) is 0 Å². The molecule has 0 atom stereocenters. The summed E-state index contributed by atoms with van der Waals surface area (Å²) >= 11 is 0. The molecule has 17 heavy (non-hydrogen) atoms. The van der Waals surface area contributed by atoms with Gasteiger partial charge in [0.2, 0.25) is 10.0 Å². The normalized spacial score (nSPS) is 11.9. The van der Waals surface area contributed by atoms with Crippen molar-refractivity contribution >= 4 is 15.7 Å². The van der Waals surface area contributed by atoms with Crippen molar-refractivity contribution in [1.82, 2.24) is 4.31 Å². The van der Waals surface area contributed by atoms with E-state index < -0.39 is 10.0 Å². The minimum absolute atomic E-state index is 0.407. The molecule has 0 aromatic heterocycles. The first-order valence-electron chi connectivity index (χ1n) is 5.58. The fraction of sp³-hybridized carbons (Fsp3) is 0.500. The number of rotatable bonds is 4. The van der Waals surface area contributed by atoms with Gasteiger partial charge in [-0.05, 0) is 44.0 Å². The summed E-state index contributed by atoms with van der Waals surface area (Å²) in [4.78, 5) is 0.407. The Hall–Kier alpha value is -1.07. The monoisotopic (exact) mass is 256 g/mol. The third-order valence-electron chi connectivity index (χ3n) is 2.58. The molecular weight excluding hydrogens is 236 g/mol. The van der Waals surface area contributed by atoms with Crippen LogP contribution in [0.4, 0.5) is 5.69 Å². The van der Waals surface area contributed by atoms with Crippen molar-refractivity contribution in [3.8, 4) is 0 Å². The Kier molecular flexibility index (Phi) is 4.16. The van der Waals surface area contributed by atoms with Crippen LogP contribution in [-0.4, -0.2) is 33.4 Å². The lowest BCUT2D eigenvalue weighted by Gasteiger charge is -2.17. The molecule has 0 fully saturated rings. The Bertz CT molecular complexity index is 484. The van der Waals surface area contributed by atoms with Crippen LogP contribution in [0.15, 0.2) is 17.0 Å². The molecule has 5 heteroatoms. The first kappa shape index (κ1) is 14.0. The summed E-state index contributed by atoms with van der Waals surface area (Å²) in [6, 6.07) is 3.74. The predicted octanol–water partition coefficient (Wildman–Crippen LogP) is 1.99. The van der Waals surface area contributed by atoms with E-state index in [1.165, 1.54) is 4.31 Å². The van der Waals surface area contributed by atoms with E-state index in [1.54, 1.807) is 14.1 Å². The fourth-order valence-electron chi connectivity index (χ4n) is 1.85. The molecule has 1 rings (SSSR count). The van der Waals surface area contributed by atoms with Gasteiger partial charge < -0.3 is 5.32 Å². The molecule has 96 valence electrons. The summed E-state index contributed by atoms with van der Waals surface area (Å²) in [5, 5.41) is 3.19. The minimum atomic E-state index is -3.36. The molecule has 0 bridgehead atoms. The Labute approximate surface area is 104 Å². The predicted molar refractivity (Wildman–Crippen MR) is 71.0 cm³/mol. The highest BCUT2D eigenvalue weighted by Crippen LogP contribution is 2.26. The summed E-state index contributed by atoms with van der Waals surface area (Å²) in [5.74, 6) is 0. The number of hydrogen-bond donors (Lipinski definition) is 1. The minimum Gasteiger partial charge on any atom is -0.385 e. The summed E-state index contributed by atoms with van der Waals surface area (Å²) in [5.41, 5.74) is 2.50. The van der Waals surface area contributed by atoms with Crippen LogP contribution >= 0.6 is 0 Å². The van der Waals surface area contributed by atoms with Crippen molar-refractivity contribution in [3.05, 3.63) is 23.3 Å². The average Bonchev–Trinajstić information content (AvgIpc) is 2.15. The maximum absolute atomic E-state index is 12.1. The third kappa shape index (κ3) is 2.79. The summed E-state index contributed by atoms with van der Waals surface area (Å²) in [6.07, 6.45) is 0. The van der Waals surface area contributed by atoms with Gasteiger partial charge in [0.25, 0.3) is 0 Å². The van der Waals surface area contributed by atoms with Crippen molar-refractivity contribution in [1.29, 1.82) is 0 Å². The van der Waals surface area contributed by atoms with Gasteiger partial charge in [-0.15, -0.1) is 0 Å². The molecule has 4 nitrogen and oxygen atoms in total. The van der Waals surface area contributed by atoms with E-state index in [2.05, 4.69) is 5.32 Å². The number of aryl methyl sites for hydroxylation is 2. The largest absolute Gasteiger partial charge is 0.385 e. The van der Waals surface area contributed by atoms with E-state index in [9.17, 15) is 8.42 Å². The van der Waals surface area contributed by atoms with Crippen LogP contribution in [0.3, 0.4) is 0 Å². The third-order valence-corrected chi connectivity index (χ3v) is 4.70. The van der Waals surface area contributed by atoms with Crippen LogP contribution < -0.4 is 5.32 Å². The molecule has 0 heterocycles. The van der Waals surface area contributed by atoms with Crippen molar-refractivity contribution in [2.75, 3.05) is 26.0 Å². The van der Waals surface area contributed by atoms with Crippen LogP contribution in [0.2, 0.25) is 0 Å². The molecule has 0 unspecified atom stereocenters. The molecular formula is C12H20N2O2S. The van der Waals surface area contributed by atoms with E-state index in [-0.39, 0.29) is 0 Å². The van der Waals surface area contributed by atoms with Crippen LogP contribution in [0.1, 0.15) is 18.1 Å². The smallest absolute Gasteiger partial charge is 0.243 e. The van der Waals surface area contributed by atoms with E-state index in [1.807, 2.05) is 32.9 Å². The molecule has 1 aromatic rings. The topological polar surface area (TPSA) is 49.4 Å². The highest BCUT2D eigenvalue weighted by molar-refractivity contribution is 7.89. The zero-order chi connectivity index (χ0) is 13.2. The molecule has 0 saturated heterocycles. The van der Waals surface area contributed by atoms with Gasteiger partial charge in [0, 0.05) is 26.3 Å². The number of anilines is 1. The number of benzene rings is 1. The first-order chi connectivity index (χ1) is 7.80. The van der Waals surface area contributed by atoms with Crippen molar-refractivity contribution in [2.45, 2.75) is 25.7 Å². The second kappa shape index (κ2) is 5.06. The standard InChI is InChI=1S/C12H20N2O2S/c1-6-13-11-7-9(2)12(10(3)8-11)17(15,16)14(4)5/h7-8,13H,6H2,1-5H3. The maximum Gasteiger partial charge on any atom is 0.243 e. The summed E-state index contributed by atoms with van der Waals surface area (Å²) in [6.45, 7) is 6.47. The van der Waals surface area contributed by atoms with Crippen LogP contribution in [0.25, 0.3) is 0 Å². The van der Waals surface area contributed by atoms with E-state index >= 15 is 0 Å². The van der Waals surface area contributed by atoms with Gasteiger partial charge in [-0.25, -0.2) is 12.7 Å². The number of hydrogen-bond acceptors (Lipinski definition) is 3. The lowest BCUT2D eigenvalue weighted by atomic mass is 10.1. The van der Waals surface area contributed by atoms with Gasteiger partial charge in [-0.1, -0.05) is 0 Å². The van der Waals surface area contributed by atoms with Crippen molar-refractivity contribution < 1.29 is 8.42 Å². The van der Waals surface area contributed by atoms with Crippen molar-refractivity contribution in [2.24, 2.45) is 0 Å². The number of nitrogens with one attached hydrogen (secondary N) is 1. The molecule has 0 radical (unpaired) electrons. The molecule has 0 saturated carbocycles. The Balaban J connectivity index is 3.38. The second-order valence-electron chi connectivity index (χ2n) is 4.26. The van der Waals surface area contributed by atoms with Gasteiger partial charge >= 0.3 is 0 Å². The molecule has 0 aliphatic heterocycles. The van der Waals surface area contributed by atoms with Crippen LogP contribution in [0, 0.1) is 13.8 Å². The van der Waals surface area contributed by atoms with Gasteiger partial charge in [-0.2, -0.15) is 0 Å². The van der Waals surface area contributed by atoms with Gasteiger partial charge in [0.1, 0.15) is 0 Å². The molecule has 1 aromatic carbocycles. The number of sulfonamides is 1. The summed E-state index contributed by atoms with van der Waals surface area (Å²) in [7, 11) is -0.268. The van der Waals surface area contributed by atoms with Crippen molar-refractivity contribution in [3.63, 3.8) is 0 Å². The average molecular weight is 256 g/mol. The zero-order valence-corrected chi connectivity index (χ0v) is 11.9. The fourth-order valence-corrected chi connectivity index (χ4v) is 3.14. The maximum atomic E-state index is 12.1. The Morgan fingerprint density at radius 2 is 1.65 bits per heavy atom. The SMILES string of the molecule is CCNc1cc(C)c(S(=O)(=O)N(C)C)c(C)c1. The number of nitrogens with zero attached hydrogens (tertiary/aromatic N) is 1. The second-order valence-corrected chi connectivity index (χ2v) is 6.35. The highest BCUT2D eigenvalue weighted by Gasteiger charge is 2.22. The van der Waals surface area contributed by atoms with Gasteiger partial charge in [0.05, 0.1) is 4.90 Å². The van der Waals surface area contributed by atoms with Crippen LogP contribution in [-0.2, 0) is 10.0 Å². The highest BCUT2D eigenvalue weighted by atomic mass is 32.2. The van der Waals surface area contributed by atoms with Crippen LogP contribution in [0.5, 0.6) is 0 Å². The molecule has 0 aliphatic carbocycles. The Morgan fingerprint density at radius 1 is 1.18 bits per heavy atom. The lowest BCUT2D eigenvalue weighted by molar-refractivity contribution is 0.519. The quantitative estimate of drug-likeness (QED) is 0.896. The summed E-state index contributed by atoms with van der Waals surface area (Å²) < 4.78 is 25.5. The lowest BCUT2D eigenvalue weighted by Crippen LogP contribution is -2.24. The molecule has 1 N–H and O–H groups in total. The molecule has 0 amide bonds. The first-order valence-corrected chi connectivity index (χ1v) is 7.02. The Morgan fingerprint density at radius 3 is 2.00 bits per heavy atom. The van der Waals surface area contributed by atoms with Gasteiger partial charge in [-0.3, -0.25) is 0 Å².